The number of hydrogen-bond donors (Lipinski definition) is 0. The van der Waals surface area contributed by atoms with Crippen LogP contribution in [0.2, 0.25) is 10.3 Å². The fourth-order valence-electron chi connectivity index (χ4n) is 1.43. The Morgan fingerprint density at radius 3 is 2.47 bits per heavy atom. The Hall–Kier alpha value is -0.670. The number of aromatic nitrogens is 2. The number of ketones is 1. The predicted octanol–water partition coefficient (Wildman–Crippen LogP) is 2.70. The summed E-state index contributed by atoms with van der Waals surface area (Å²) in [6, 6.07) is 0. The lowest BCUT2D eigenvalue weighted by atomic mass is 10.1. The second-order valence-corrected chi connectivity index (χ2v) is 4.51. The van der Waals surface area contributed by atoms with Crippen LogP contribution < -0.4 is 0 Å². The maximum absolute atomic E-state index is 11.6. The van der Waals surface area contributed by atoms with Gasteiger partial charge in [0.25, 0.3) is 0 Å². The Kier molecular flexibility index (Phi) is 3.22. The minimum atomic E-state index is 0.163. The SMILES string of the molecule is O=C(Cc1c(Cl)ncnc1Cl)CC1CC1. The van der Waals surface area contributed by atoms with Crippen molar-refractivity contribution in [2.24, 2.45) is 5.92 Å². The van der Waals surface area contributed by atoms with E-state index in [0.29, 0.717) is 17.9 Å². The third-order valence-electron chi connectivity index (χ3n) is 2.43. The molecule has 0 atom stereocenters. The Labute approximate surface area is 97.8 Å². The number of hydrogen-bond acceptors (Lipinski definition) is 3. The second kappa shape index (κ2) is 4.45. The first-order chi connectivity index (χ1) is 7.16. The Balaban J connectivity index is 2.05. The van der Waals surface area contributed by atoms with Gasteiger partial charge in [0, 0.05) is 18.4 Å². The molecule has 2 rings (SSSR count). The Morgan fingerprint density at radius 1 is 1.33 bits per heavy atom. The van der Waals surface area contributed by atoms with Gasteiger partial charge in [-0.15, -0.1) is 0 Å². The zero-order valence-corrected chi connectivity index (χ0v) is 9.55. The highest BCUT2D eigenvalue weighted by Crippen LogP contribution is 2.33. The van der Waals surface area contributed by atoms with Crippen molar-refractivity contribution in [1.29, 1.82) is 0 Å². The molecule has 1 aromatic rings. The molecule has 80 valence electrons. The van der Waals surface area contributed by atoms with E-state index in [9.17, 15) is 4.79 Å². The highest BCUT2D eigenvalue weighted by Gasteiger charge is 2.25. The van der Waals surface area contributed by atoms with Gasteiger partial charge in [-0.2, -0.15) is 0 Å². The van der Waals surface area contributed by atoms with Crippen LogP contribution in [0.3, 0.4) is 0 Å². The zero-order valence-electron chi connectivity index (χ0n) is 8.04. The second-order valence-electron chi connectivity index (χ2n) is 3.80. The van der Waals surface area contributed by atoms with Gasteiger partial charge in [0.15, 0.2) is 0 Å². The number of nitrogens with zero attached hydrogens (tertiary/aromatic N) is 2. The van der Waals surface area contributed by atoms with Gasteiger partial charge >= 0.3 is 0 Å². The summed E-state index contributed by atoms with van der Waals surface area (Å²) in [6.07, 6.45) is 4.49. The van der Waals surface area contributed by atoms with Crippen molar-refractivity contribution < 1.29 is 4.79 Å². The quantitative estimate of drug-likeness (QED) is 0.766. The molecule has 1 aliphatic carbocycles. The van der Waals surface area contributed by atoms with E-state index < -0.39 is 0 Å². The molecule has 0 saturated heterocycles. The van der Waals surface area contributed by atoms with Crippen molar-refractivity contribution in [3.63, 3.8) is 0 Å². The molecule has 0 aliphatic heterocycles. The van der Waals surface area contributed by atoms with Crippen LogP contribution in [-0.4, -0.2) is 15.8 Å². The van der Waals surface area contributed by atoms with Crippen LogP contribution in [0.5, 0.6) is 0 Å². The van der Waals surface area contributed by atoms with Gasteiger partial charge in [-0.05, 0) is 18.8 Å². The fourth-order valence-corrected chi connectivity index (χ4v) is 1.88. The van der Waals surface area contributed by atoms with Crippen LogP contribution in [0, 0.1) is 5.92 Å². The molecule has 1 fully saturated rings. The van der Waals surface area contributed by atoms with E-state index in [2.05, 4.69) is 9.97 Å². The molecule has 0 aromatic carbocycles. The summed E-state index contributed by atoms with van der Waals surface area (Å²) in [5.41, 5.74) is 0.548. The molecule has 0 radical (unpaired) electrons. The highest BCUT2D eigenvalue weighted by atomic mass is 35.5. The molecule has 3 nitrogen and oxygen atoms in total. The fraction of sp³-hybridized carbons (Fsp3) is 0.500. The van der Waals surface area contributed by atoms with E-state index in [1.165, 1.54) is 19.2 Å². The van der Waals surface area contributed by atoms with Crippen molar-refractivity contribution in [2.45, 2.75) is 25.7 Å². The minimum absolute atomic E-state index is 0.163. The summed E-state index contributed by atoms with van der Waals surface area (Å²) in [5.74, 6) is 0.746. The van der Waals surface area contributed by atoms with E-state index in [4.69, 9.17) is 23.2 Å². The van der Waals surface area contributed by atoms with Crippen molar-refractivity contribution in [2.75, 3.05) is 0 Å². The lowest BCUT2D eigenvalue weighted by Gasteiger charge is -2.03. The Morgan fingerprint density at radius 2 is 1.93 bits per heavy atom. The molecule has 0 N–H and O–H groups in total. The smallest absolute Gasteiger partial charge is 0.137 e. The third kappa shape index (κ3) is 2.89. The summed E-state index contributed by atoms with van der Waals surface area (Å²) < 4.78 is 0. The van der Waals surface area contributed by atoms with E-state index in [-0.39, 0.29) is 22.5 Å². The third-order valence-corrected chi connectivity index (χ3v) is 3.08. The van der Waals surface area contributed by atoms with Crippen LogP contribution in [0.4, 0.5) is 0 Å². The highest BCUT2D eigenvalue weighted by molar-refractivity contribution is 6.34. The van der Waals surface area contributed by atoms with Crippen molar-refractivity contribution in [1.82, 2.24) is 9.97 Å². The van der Waals surface area contributed by atoms with Crippen molar-refractivity contribution >= 4 is 29.0 Å². The van der Waals surface area contributed by atoms with Crippen molar-refractivity contribution in [3.05, 3.63) is 22.2 Å². The number of Topliss-reactive ketones (excluding diaryl/α,β-unsaturated/α-hetero) is 1. The molecular formula is C10H10Cl2N2O. The summed E-state index contributed by atoms with van der Waals surface area (Å²) in [6.45, 7) is 0. The van der Waals surface area contributed by atoms with E-state index >= 15 is 0 Å². The Bertz CT molecular complexity index is 371. The van der Waals surface area contributed by atoms with Gasteiger partial charge < -0.3 is 0 Å². The molecule has 1 aromatic heterocycles. The minimum Gasteiger partial charge on any atom is -0.299 e. The van der Waals surface area contributed by atoms with Crippen LogP contribution in [0.15, 0.2) is 6.33 Å². The lowest BCUT2D eigenvalue weighted by Crippen LogP contribution is -2.06. The molecule has 0 spiro atoms. The van der Waals surface area contributed by atoms with Gasteiger partial charge in [0.05, 0.1) is 0 Å². The van der Waals surface area contributed by atoms with E-state index in [1.54, 1.807) is 0 Å². The normalized spacial score (nSPS) is 15.3. The predicted molar refractivity (Wildman–Crippen MR) is 58.1 cm³/mol. The largest absolute Gasteiger partial charge is 0.299 e. The van der Waals surface area contributed by atoms with Crippen LogP contribution in [0.25, 0.3) is 0 Å². The van der Waals surface area contributed by atoms with Gasteiger partial charge in [0.2, 0.25) is 0 Å². The van der Waals surface area contributed by atoms with E-state index in [1.807, 2.05) is 0 Å². The molecule has 1 aliphatic rings. The van der Waals surface area contributed by atoms with Gasteiger partial charge in [-0.1, -0.05) is 23.2 Å². The average Bonchev–Trinajstić information content (AvgIpc) is 2.95. The molecule has 1 saturated carbocycles. The van der Waals surface area contributed by atoms with Gasteiger partial charge in [0.1, 0.15) is 22.4 Å². The van der Waals surface area contributed by atoms with E-state index in [0.717, 1.165) is 0 Å². The molecule has 5 heteroatoms. The first-order valence-electron chi connectivity index (χ1n) is 4.83. The summed E-state index contributed by atoms with van der Waals surface area (Å²) in [5, 5.41) is 0.554. The van der Waals surface area contributed by atoms with Crippen molar-refractivity contribution in [3.8, 4) is 0 Å². The van der Waals surface area contributed by atoms with Crippen LogP contribution >= 0.6 is 23.2 Å². The molecule has 0 unspecified atom stereocenters. The maximum Gasteiger partial charge on any atom is 0.137 e. The maximum atomic E-state index is 11.6. The average molecular weight is 245 g/mol. The lowest BCUT2D eigenvalue weighted by molar-refractivity contribution is -0.118. The molecule has 0 amide bonds. The van der Waals surface area contributed by atoms with Gasteiger partial charge in [-0.25, -0.2) is 9.97 Å². The molecule has 15 heavy (non-hydrogen) atoms. The number of halogens is 2. The van der Waals surface area contributed by atoms with Crippen LogP contribution in [-0.2, 0) is 11.2 Å². The standard InChI is InChI=1S/C10H10Cl2N2O/c11-9-8(10(12)14-5-13-9)4-7(15)3-6-1-2-6/h5-6H,1-4H2. The summed E-state index contributed by atoms with van der Waals surface area (Å²) in [4.78, 5) is 19.2. The molecule has 1 heterocycles. The number of rotatable bonds is 4. The molecular weight excluding hydrogens is 235 g/mol. The monoisotopic (exact) mass is 244 g/mol. The first-order valence-corrected chi connectivity index (χ1v) is 5.59. The topological polar surface area (TPSA) is 42.9 Å². The summed E-state index contributed by atoms with van der Waals surface area (Å²) in [7, 11) is 0. The zero-order chi connectivity index (χ0) is 10.8. The summed E-state index contributed by atoms with van der Waals surface area (Å²) >= 11 is 11.7. The number of carbonyl (C=O) groups excluding carboxylic acids is 1. The molecule has 0 bridgehead atoms. The van der Waals surface area contributed by atoms with Crippen LogP contribution in [0.1, 0.15) is 24.8 Å². The van der Waals surface area contributed by atoms with Gasteiger partial charge in [-0.3, -0.25) is 4.79 Å². The number of carbonyl (C=O) groups is 1. The first kappa shape index (κ1) is 10.8.